The first kappa shape index (κ1) is 22.3. The van der Waals surface area contributed by atoms with Gasteiger partial charge in [-0.1, -0.05) is 13.8 Å². The Labute approximate surface area is 191 Å². The van der Waals surface area contributed by atoms with Crippen LogP contribution in [0.3, 0.4) is 0 Å². The fourth-order valence-corrected chi connectivity index (χ4v) is 3.42. The van der Waals surface area contributed by atoms with Crippen molar-refractivity contribution in [2.75, 3.05) is 24.3 Å². The van der Waals surface area contributed by atoms with Gasteiger partial charge in [-0.2, -0.15) is 4.98 Å². The fraction of sp³-hybridized carbons (Fsp3) is 0.292. The van der Waals surface area contributed by atoms with Crippen molar-refractivity contribution in [2.24, 2.45) is 0 Å². The van der Waals surface area contributed by atoms with Gasteiger partial charge in [0.15, 0.2) is 5.58 Å². The zero-order chi connectivity index (χ0) is 23.4. The highest BCUT2D eigenvalue weighted by Gasteiger charge is 2.09. The van der Waals surface area contributed by atoms with Gasteiger partial charge < -0.3 is 25.1 Å². The summed E-state index contributed by atoms with van der Waals surface area (Å²) >= 11 is 0. The second kappa shape index (κ2) is 9.74. The summed E-state index contributed by atoms with van der Waals surface area (Å²) in [4.78, 5) is 23.1. The molecule has 0 bridgehead atoms. The number of oxazole rings is 1. The lowest BCUT2D eigenvalue weighted by Crippen LogP contribution is -2.24. The van der Waals surface area contributed by atoms with Gasteiger partial charge in [0.05, 0.1) is 12.6 Å². The zero-order valence-electron chi connectivity index (χ0n) is 19.2. The molecule has 0 amide bonds. The predicted molar refractivity (Wildman–Crippen MR) is 130 cm³/mol. The van der Waals surface area contributed by atoms with Crippen molar-refractivity contribution in [1.82, 2.24) is 20.3 Å². The molecule has 0 radical (unpaired) electrons. The molecule has 0 saturated heterocycles. The third-order valence-corrected chi connectivity index (χ3v) is 5.08. The highest BCUT2D eigenvalue weighted by atomic mass is 16.5. The molecule has 0 aliphatic carbocycles. The Bertz CT molecular complexity index is 1310. The van der Waals surface area contributed by atoms with E-state index in [2.05, 4.69) is 50.8 Å². The van der Waals surface area contributed by atoms with E-state index in [1.165, 1.54) is 0 Å². The van der Waals surface area contributed by atoms with Crippen molar-refractivity contribution in [3.05, 3.63) is 64.3 Å². The van der Waals surface area contributed by atoms with E-state index in [1.54, 1.807) is 25.4 Å². The van der Waals surface area contributed by atoms with Crippen molar-refractivity contribution in [3.8, 4) is 5.75 Å². The van der Waals surface area contributed by atoms with Crippen LogP contribution in [0.15, 0.2) is 51.8 Å². The second-order valence-electron chi connectivity index (χ2n) is 8.13. The summed E-state index contributed by atoms with van der Waals surface area (Å²) in [7, 11) is 1.66. The number of fused-ring (bicyclic) bond motifs is 1. The number of aryl methyl sites for hydroxylation is 1. The van der Waals surface area contributed by atoms with Gasteiger partial charge in [0.25, 0.3) is 0 Å². The van der Waals surface area contributed by atoms with Crippen LogP contribution in [0, 0.1) is 6.92 Å². The van der Waals surface area contributed by atoms with Crippen molar-refractivity contribution in [1.29, 1.82) is 0 Å². The standard InChI is InChI=1S/C24H28N6O3/c1-14(2)25-8-7-16-9-18(11-19(10-16)32-4)28-23-26-13-15(3)22(30-23)27-17-5-6-21-20(12-17)29-24(31)33-21/h5-6,9-14,25H,7-8H2,1-4H3,(H,29,31)(H2,26,27,28,30). The number of hydrogen-bond donors (Lipinski definition) is 4. The van der Waals surface area contributed by atoms with Crippen LogP contribution in [0.1, 0.15) is 25.0 Å². The molecule has 2 aromatic heterocycles. The molecule has 172 valence electrons. The van der Waals surface area contributed by atoms with Gasteiger partial charge in [-0.3, -0.25) is 4.98 Å². The molecule has 2 heterocycles. The van der Waals surface area contributed by atoms with Crippen LogP contribution in [-0.2, 0) is 6.42 Å². The van der Waals surface area contributed by atoms with E-state index in [1.807, 2.05) is 25.1 Å². The number of hydrogen-bond acceptors (Lipinski definition) is 8. The zero-order valence-corrected chi connectivity index (χ0v) is 19.2. The van der Waals surface area contributed by atoms with Crippen molar-refractivity contribution >= 4 is 34.2 Å². The monoisotopic (exact) mass is 448 g/mol. The Morgan fingerprint density at radius 3 is 2.76 bits per heavy atom. The van der Waals surface area contributed by atoms with Crippen LogP contribution < -0.4 is 26.4 Å². The van der Waals surface area contributed by atoms with E-state index in [0.29, 0.717) is 28.9 Å². The molecule has 0 atom stereocenters. The number of ether oxygens (including phenoxy) is 1. The molecule has 9 heteroatoms. The molecule has 2 aromatic carbocycles. The summed E-state index contributed by atoms with van der Waals surface area (Å²) in [5.41, 5.74) is 4.77. The maximum atomic E-state index is 11.4. The molecule has 4 N–H and O–H groups in total. The van der Waals surface area contributed by atoms with Crippen molar-refractivity contribution in [2.45, 2.75) is 33.2 Å². The highest BCUT2D eigenvalue weighted by Crippen LogP contribution is 2.26. The number of nitrogens with zero attached hydrogens (tertiary/aromatic N) is 2. The Morgan fingerprint density at radius 1 is 1.12 bits per heavy atom. The maximum absolute atomic E-state index is 11.4. The van der Waals surface area contributed by atoms with Crippen LogP contribution in [0.4, 0.5) is 23.1 Å². The first-order valence-electron chi connectivity index (χ1n) is 10.8. The number of nitrogens with one attached hydrogen (secondary N) is 4. The Kier molecular flexibility index (Phi) is 6.60. The second-order valence-corrected chi connectivity index (χ2v) is 8.13. The van der Waals surface area contributed by atoms with E-state index < -0.39 is 5.76 Å². The normalized spacial score (nSPS) is 11.2. The van der Waals surface area contributed by atoms with E-state index >= 15 is 0 Å². The molecule has 0 aliphatic heterocycles. The number of rotatable bonds is 9. The lowest BCUT2D eigenvalue weighted by Gasteiger charge is -2.13. The van der Waals surface area contributed by atoms with Crippen LogP contribution in [-0.4, -0.2) is 34.6 Å². The molecule has 0 unspecified atom stereocenters. The number of aromatic amines is 1. The topological polar surface area (TPSA) is 117 Å². The maximum Gasteiger partial charge on any atom is 0.417 e. The van der Waals surface area contributed by atoms with E-state index in [0.717, 1.165) is 41.2 Å². The first-order chi connectivity index (χ1) is 15.9. The first-order valence-corrected chi connectivity index (χ1v) is 10.8. The summed E-state index contributed by atoms with van der Waals surface area (Å²) in [6.07, 6.45) is 2.63. The molecular formula is C24H28N6O3. The summed E-state index contributed by atoms with van der Waals surface area (Å²) < 4.78 is 10.5. The van der Waals surface area contributed by atoms with Gasteiger partial charge in [-0.05, 0) is 55.8 Å². The van der Waals surface area contributed by atoms with Crippen molar-refractivity contribution < 1.29 is 9.15 Å². The molecule has 0 spiro atoms. The smallest absolute Gasteiger partial charge is 0.417 e. The van der Waals surface area contributed by atoms with Gasteiger partial charge in [0.1, 0.15) is 11.6 Å². The predicted octanol–water partition coefficient (Wildman–Crippen LogP) is 4.26. The fourth-order valence-electron chi connectivity index (χ4n) is 3.42. The molecule has 0 fully saturated rings. The third-order valence-electron chi connectivity index (χ3n) is 5.08. The minimum atomic E-state index is -0.482. The minimum absolute atomic E-state index is 0.439. The summed E-state index contributed by atoms with van der Waals surface area (Å²) in [6, 6.07) is 11.8. The summed E-state index contributed by atoms with van der Waals surface area (Å²) in [5, 5.41) is 9.99. The van der Waals surface area contributed by atoms with Crippen molar-refractivity contribution in [3.63, 3.8) is 0 Å². The lowest BCUT2D eigenvalue weighted by molar-refractivity contribution is 0.414. The van der Waals surface area contributed by atoms with Crippen LogP contribution >= 0.6 is 0 Å². The molecular weight excluding hydrogens is 420 g/mol. The molecule has 33 heavy (non-hydrogen) atoms. The largest absolute Gasteiger partial charge is 0.497 e. The molecule has 0 aliphatic rings. The van der Waals surface area contributed by atoms with Crippen LogP contribution in [0.25, 0.3) is 11.1 Å². The van der Waals surface area contributed by atoms with E-state index in [4.69, 9.17) is 9.15 Å². The Hall–Kier alpha value is -3.85. The van der Waals surface area contributed by atoms with Gasteiger partial charge in [-0.15, -0.1) is 0 Å². The Morgan fingerprint density at radius 2 is 1.97 bits per heavy atom. The SMILES string of the molecule is COc1cc(CCNC(C)C)cc(Nc2ncc(C)c(Nc3ccc4oc(=O)[nH]c4c3)n2)c1. The van der Waals surface area contributed by atoms with Crippen LogP contribution in [0.5, 0.6) is 5.75 Å². The van der Waals surface area contributed by atoms with E-state index in [-0.39, 0.29) is 0 Å². The molecule has 9 nitrogen and oxygen atoms in total. The number of aromatic nitrogens is 3. The minimum Gasteiger partial charge on any atom is -0.497 e. The number of H-pyrrole nitrogens is 1. The van der Waals surface area contributed by atoms with Gasteiger partial charge in [0, 0.05) is 35.2 Å². The number of methoxy groups -OCH3 is 1. The quantitative estimate of drug-likeness (QED) is 0.300. The van der Waals surface area contributed by atoms with Gasteiger partial charge in [-0.25, -0.2) is 9.78 Å². The third kappa shape index (κ3) is 5.69. The number of anilines is 4. The van der Waals surface area contributed by atoms with Gasteiger partial charge >= 0.3 is 5.76 Å². The van der Waals surface area contributed by atoms with Gasteiger partial charge in [0.2, 0.25) is 5.95 Å². The molecule has 0 saturated carbocycles. The Balaban J connectivity index is 1.53. The summed E-state index contributed by atoms with van der Waals surface area (Å²) in [5.74, 6) is 1.40. The number of benzene rings is 2. The van der Waals surface area contributed by atoms with E-state index in [9.17, 15) is 4.79 Å². The average Bonchev–Trinajstić information content (AvgIpc) is 3.15. The molecule has 4 rings (SSSR count). The summed E-state index contributed by atoms with van der Waals surface area (Å²) in [6.45, 7) is 7.07. The molecule has 4 aromatic rings. The highest BCUT2D eigenvalue weighted by molar-refractivity contribution is 5.78. The average molecular weight is 449 g/mol. The lowest BCUT2D eigenvalue weighted by atomic mass is 10.1. The van der Waals surface area contributed by atoms with Crippen LogP contribution in [0.2, 0.25) is 0 Å².